The fraction of sp³-hybridized carbons (Fsp3) is 0.435. The number of likely N-dealkylation sites (tertiary alicyclic amines) is 1. The van der Waals surface area contributed by atoms with Gasteiger partial charge in [-0.15, -0.1) is 10.2 Å². The van der Waals surface area contributed by atoms with E-state index in [1.54, 1.807) is 16.8 Å². The van der Waals surface area contributed by atoms with Gasteiger partial charge in [0, 0.05) is 50.0 Å². The number of fused-ring (bicyclic) bond motifs is 1. The molecule has 2 aliphatic rings. The lowest BCUT2D eigenvalue weighted by Crippen LogP contribution is -2.25. The first-order valence-corrected chi connectivity index (χ1v) is 10.6. The van der Waals surface area contributed by atoms with E-state index in [-0.39, 0.29) is 5.82 Å². The minimum Gasteiger partial charge on any atom is -0.366 e. The van der Waals surface area contributed by atoms with Crippen LogP contribution >= 0.6 is 0 Å². The van der Waals surface area contributed by atoms with E-state index in [2.05, 4.69) is 25.5 Å². The van der Waals surface area contributed by atoms with Crippen molar-refractivity contribution in [2.24, 2.45) is 18.9 Å². The molecule has 0 amide bonds. The van der Waals surface area contributed by atoms with E-state index >= 15 is 0 Å². The van der Waals surface area contributed by atoms with Crippen LogP contribution in [0.4, 0.5) is 10.2 Å². The second kappa shape index (κ2) is 7.80. The predicted octanol–water partition coefficient (Wildman–Crippen LogP) is 3.65. The molecule has 1 saturated heterocycles. The summed E-state index contributed by atoms with van der Waals surface area (Å²) in [7, 11) is 1.91. The lowest BCUT2D eigenvalue weighted by atomic mass is 10.0. The maximum Gasteiger partial charge on any atom is 0.148 e. The number of nitrogens with zero attached hydrogens (tertiary/aromatic N) is 5. The van der Waals surface area contributed by atoms with Gasteiger partial charge in [0.25, 0.3) is 0 Å². The highest BCUT2D eigenvalue weighted by Crippen LogP contribution is 2.39. The Hall–Kier alpha value is -2.80. The molecule has 1 aliphatic heterocycles. The molecule has 6 nitrogen and oxygen atoms in total. The third kappa shape index (κ3) is 3.81. The topological polar surface area (TPSA) is 58.9 Å². The number of rotatable bonds is 5. The largest absolute Gasteiger partial charge is 0.366 e. The monoisotopic (exact) mass is 406 g/mol. The summed E-state index contributed by atoms with van der Waals surface area (Å²) in [5.41, 5.74) is 3.61. The molecule has 1 aliphatic carbocycles. The third-order valence-corrected chi connectivity index (χ3v) is 6.48. The highest BCUT2D eigenvalue weighted by Gasteiger charge is 2.40. The maximum atomic E-state index is 13.9. The average Bonchev–Trinajstić information content (AvgIpc) is 3.37. The number of aromatic nitrogens is 4. The Bertz CT molecular complexity index is 1020. The molecule has 3 heterocycles. The summed E-state index contributed by atoms with van der Waals surface area (Å²) in [6.45, 7) is 4.78. The summed E-state index contributed by atoms with van der Waals surface area (Å²) in [5.74, 6) is 2.06. The first-order chi connectivity index (χ1) is 14.5. The van der Waals surface area contributed by atoms with Gasteiger partial charge >= 0.3 is 0 Å². The van der Waals surface area contributed by atoms with Gasteiger partial charge in [-0.2, -0.15) is 5.10 Å². The first kappa shape index (κ1) is 19.2. The number of halogens is 1. The van der Waals surface area contributed by atoms with Crippen molar-refractivity contribution in [3.05, 3.63) is 59.7 Å². The van der Waals surface area contributed by atoms with Gasteiger partial charge in [0.15, 0.2) is 0 Å². The van der Waals surface area contributed by atoms with Crippen molar-refractivity contribution >= 4 is 5.82 Å². The molecular weight excluding hydrogens is 379 g/mol. The van der Waals surface area contributed by atoms with Gasteiger partial charge in [0.2, 0.25) is 0 Å². The molecule has 7 heteroatoms. The fourth-order valence-corrected chi connectivity index (χ4v) is 5.12. The van der Waals surface area contributed by atoms with Crippen LogP contribution in [0.3, 0.4) is 0 Å². The minimum absolute atomic E-state index is 0.0994. The number of anilines is 1. The van der Waals surface area contributed by atoms with Gasteiger partial charge in [-0.25, -0.2) is 4.39 Å². The molecular formula is C23H27FN6. The van der Waals surface area contributed by atoms with E-state index in [1.165, 1.54) is 0 Å². The van der Waals surface area contributed by atoms with Crippen molar-refractivity contribution in [1.82, 2.24) is 24.9 Å². The number of hydrogen-bond donors (Lipinski definition) is 1. The van der Waals surface area contributed by atoms with Crippen LogP contribution in [0, 0.1) is 24.6 Å². The molecule has 0 unspecified atom stereocenters. The van der Waals surface area contributed by atoms with Gasteiger partial charge in [-0.3, -0.25) is 9.58 Å². The van der Waals surface area contributed by atoms with Crippen molar-refractivity contribution in [2.45, 2.75) is 32.4 Å². The molecule has 0 bridgehead atoms. The molecule has 30 heavy (non-hydrogen) atoms. The highest BCUT2D eigenvalue weighted by molar-refractivity contribution is 5.61. The highest BCUT2D eigenvalue weighted by atomic mass is 19.1. The lowest BCUT2D eigenvalue weighted by molar-refractivity contribution is 0.296. The minimum atomic E-state index is -0.0994. The molecule has 156 valence electrons. The van der Waals surface area contributed by atoms with Crippen LogP contribution in [0.25, 0.3) is 11.3 Å². The van der Waals surface area contributed by atoms with Crippen LogP contribution < -0.4 is 5.32 Å². The Morgan fingerprint density at radius 3 is 2.47 bits per heavy atom. The number of aryl methyl sites for hydroxylation is 2. The van der Waals surface area contributed by atoms with Crippen molar-refractivity contribution in [2.75, 3.05) is 18.4 Å². The molecule has 2 aromatic heterocycles. The summed E-state index contributed by atoms with van der Waals surface area (Å²) in [5, 5.41) is 16.7. The first-order valence-electron chi connectivity index (χ1n) is 10.6. The van der Waals surface area contributed by atoms with Crippen LogP contribution in [-0.2, 0) is 13.6 Å². The van der Waals surface area contributed by atoms with E-state index < -0.39 is 0 Å². The predicted molar refractivity (Wildman–Crippen MR) is 114 cm³/mol. The maximum absolute atomic E-state index is 13.9. The second-order valence-corrected chi connectivity index (χ2v) is 8.72. The van der Waals surface area contributed by atoms with E-state index in [0.717, 1.165) is 54.3 Å². The van der Waals surface area contributed by atoms with Crippen LogP contribution in [0.15, 0.2) is 42.6 Å². The van der Waals surface area contributed by atoms with E-state index in [4.69, 9.17) is 0 Å². The Labute approximate surface area is 176 Å². The van der Waals surface area contributed by atoms with Gasteiger partial charge < -0.3 is 5.32 Å². The summed E-state index contributed by atoms with van der Waals surface area (Å²) < 4.78 is 15.7. The lowest BCUT2D eigenvalue weighted by Gasteiger charge is -2.20. The fourth-order valence-electron chi connectivity index (χ4n) is 5.12. The van der Waals surface area contributed by atoms with Crippen LogP contribution in [0.5, 0.6) is 0 Å². The van der Waals surface area contributed by atoms with Gasteiger partial charge in [-0.05, 0) is 49.8 Å². The molecule has 1 N–H and O–H groups in total. The Morgan fingerprint density at radius 2 is 1.83 bits per heavy atom. The van der Waals surface area contributed by atoms with Crippen LogP contribution in [-0.4, -0.2) is 44.0 Å². The Morgan fingerprint density at radius 1 is 1.07 bits per heavy atom. The molecule has 1 aromatic carbocycles. The van der Waals surface area contributed by atoms with Crippen molar-refractivity contribution in [3.8, 4) is 11.3 Å². The third-order valence-electron chi connectivity index (χ3n) is 6.48. The Balaban J connectivity index is 1.16. The smallest absolute Gasteiger partial charge is 0.148 e. The van der Waals surface area contributed by atoms with Crippen LogP contribution in [0.1, 0.15) is 24.1 Å². The van der Waals surface area contributed by atoms with E-state index in [0.29, 0.717) is 24.4 Å². The molecule has 3 atom stereocenters. The van der Waals surface area contributed by atoms with Crippen molar-refractivity contribution in [1.29, 1.82) is 0 Å². The van der Waals surface area contributed by atoms with Gasteiger partial charge in [0.05, 0.1) is 11.4 Å². The Kier molecular flexibility index (Phi) is 4.98. The zero-order valence-electron chi connectivity index (χ0n) is 17.4. The summed E-state index contributed by atoms with van der Waals surface area (Å²) in [6, 6.07) is 11.5. The number of nitrogens with one attached hydrogen (secondary N) is 1. The molecule has 1 saturated carbocycles. The standard InChI is InChI=1S/C23H27FN6/c1-15-20(14-29(2)28-15)22-7-8-23(27-26-22)25-19-9-17-12-30(13-18(17)10-19)11-16-5-3-4-6-21(16)24/h3-8,14,17-19H,9-13H2,1-2H3,(H,25,27)/t17-,18+,19-. The van der Waals surface area contributed by atoms with Gasteiger partial charge in [0.1, 0.15) is 11.6 Å². The zero-order valence-corrected chi connectivity index (χ0v) is 17.4. The van der Waals surface area contributed by atoms with E-state index in [1.807, 2.05) is 44.4 Å². The van der Waals surface area contributed by atoms with Crippen molar-refractivity contribution < 1.29 is 4.39 Å². The van der Waals surface area contributed by atoms with Crippen molar-refractivity contribution in [3.63, 3.8) is 0 Å². The van der Waals surface area contributed by atoms with Gasteiger partial charge in [-0.1, -0.05) is 18.2 Å². The quantitative estimate of drug-likeness (QED) is 0.701. The second-order valence-electron chi connectivity index (χ2n) is 8.72. The molecule has 2 fully saturated rings. The molecule has 0 spiro atoms. The molecule has 5 rings (SSSR count). The number of benzene rings is 1. The zero-order chi connectivity index (χ0) is 20.7. The summed E-state index contributed by atoms with van der Waals surface area (Å²) >= 11 is 0. The number of hydrogen-bond acceptors (Lipinski definition) is 5. The average molecular weight is 407 g/mol. The summed E-state index contributed by atoms with van der Waals surface area (Å²) in [4.78, 5) is 2.40. The van der Waals surface area contributed by atoms with Crippen LogP contribution in [0.2, 0.25) is 0 Å². The molecule has 0 radical (unpaired) electrons. The summed E-state index contributed by atoms with van der Waals surface area (Å²) in [6.07, 6.45) is 4.23. The normalized spacial score (nSPS) is 23.6. The van der Waals surface area contributed by atoms with E-state index in [9.17, 15) is 4.39 Å². The SMILES string of the molecule is Cc1nn(C)cc1-c1ccc(N[C@@H]2C[C@@H]3CN(Cc4ccccc4F)C[C@@H]3C2)nn1. The molecule has 3 aromatic rings.